The lowest BCUT2D eigenvalue weighted by molar-refractivity contribution is -0.143. The van der Waals surface area contributed by atoms with Crippen molar-refractivity contribution in [3.63, 3.8) is 0 Å². The number of carbonyl (C=O) groups excluding carboxylic acids is 1. The van der Waals surface area contributed by atoms with E-state index in [1.54, 1.807) is 0 Å². The van der Waals surface area contributed by atoms with Crippen LogP contribution >= 0.6 is 12.6 Å². The van der Waals surface area contributed by atoms with Gasteiger partial charge in [-0.25, -0.2) is 9.80 Å². The van der Waals surface area contributed by atoms with Gasteiger partial charge in [0.1, 0.15) is 12.6 Å². The van der Waals surface area contributed by atoms with Crippen LogP contribution in [0, 0.1) is 0 Å². The van der Waals surface area contributed by atoms with Crippen LogP contribution in [0.15, 0.2) is 30.3 Å². The van der Waals surface area contributed by atoms with Gasteiger partial charge in [-0.3, -0.25) is 10.2 Å². The predicted octanol–water partition coefficient (Wildman–Crippen LogP) is 1.92. The summed E-state index contributed by atoms with van der Waals surface area (Å²) in [7, 11) is 0. The van der Waals surface area contributed by atoms with Crippen LogP contribution in [0.1, 0.15) is 18.9 Å². The van der Waals surface area contributed by atoms with Crippen LogP contribution in [0.5, 0.6) is 0 Å². The fraction of sp³-hybridized carbons (Fsp3) is 0.429. The zero-order chi connectivity index (χ0) is 15.7. The maximum absolute atomic E-state index is 11.8. The van der Waals surface area contributed by atoms with Gasteiger partial charge in [0.15, 0.2) is 0 Å². The lowest BCUT2D eigenvalue weighted by Crippen LogP contribution is -2.53. The summed E-state index contributed by atoms with van der Waals surface area (Å²) >= 11 is 4.00. The van der Waals surface area contributed by atoms with E-state index in [2.05, 4.69) is 18.1 Å². The van der Waals surface area contributed by atoms with Gasteiger partial charge in [0.2, 0.25) is 0 Å². The van der Waals surface area contributed by atoms with Crippen molar-refractivity contribution in [2.24, 2.45) is 0 Å². The van der Waals surface area contributed by atoms with Gasteiger partial charge in [-0.1, -0.05) is 37.3 Å². The van der Waals surface area contributed by atoms with Crippen molar-refractivity contribution < 1.29 is 19.4 Å². The van der Waals surface area contributed by atoms with Crippen LogP contribution in [-0.2, 0) is 16.1 Å². The fourth-order valence-corrected chi connectivity index (χ4v) is 2.07. The largest absolute Gasteiger partial charge is 0.480 e. The Morgan fingerprint density at radius 2 is 2.05 bits per heavy atom. The van der Waals surface area contributed by atoms with Gasteiger partial charge in [-0.05, 0) is 12.0 Å². The number of ether oxygens (including phenoxy) is 1. The molecule has 1 amide bonds. The summed E-state index contributed by atoms with van der Waals surface area (Å²) in [6, 6.07) is 8.35. The average molecular weight is 312 g/mol. The van der Waals surface area contributed by atoms with E-state index in [0.717, 1.165) is 5.56 Å². The average Bonchev–Trinajstić information content (AvgIpc) is 2.47. The topological polar surface area (TPSA) is 78.9 Å². The predicted molar refractivity (Wildman–Crippen MR) is 82.0 cm³/mol. The highest BCUT2D eigenvalue weighted by Crippen LogP contribution is 2.04. The fourth-order valence-electron chi connectivity index (χ4n) is 1.71. The third kappa shape index (κ3) is 6.05. The molecule has 0 aliphatic rings. The van der Waals surface area contributed by atoms with Gasteiger partial charge in [-0.2, -0.15) is 12.6 Å². The number of thiol groups is 1. The number of rotatable bonds is 8. The molecule has 1 atom stereocenters. The monoisotopic (exact) mass is 312 g/mol. The molecule has 0 spiro atoms. The molecule has 0 radical (unpaired) electrons. The third-order valence-electron chi connectivity index (χ3n) is 2.75. The first-order valence-electron chi connectivity index (χ1n) is 6.66. The van der Waals surface area contributed by atoms with Crippen LogP contribution in [0.2, 0.25) is 0 Å². The first-order chi connectivity index (χ1) is 10.1. The minimum atomic E-state index is -1.04. The molecule has 1 aromatic rings. The Morgan fingerprint density at radius 3 is 2.57 bits per heavy atom. The maximum atomic E-state index is 11.8. The van der Waals surface area contributed by atoms with E-state index in [0.29, 0.717) is 13.0 Å². The molecule has 1 aromatic carbocycles. The molecule has 0 aliphatic carbocycles. The Labute approximate surface area is 129 Å². The first-order valence-corrected chi connectivity index (χ1v) is 7.29. The highest BCUT2D eigenvalue weighted by Gasteiger charge is 2.25. The minimum absolute atomic E-state index is 0.0916. The number of carboxylic acid groups (broad SMARTS) is 1. The minimum Gasteiger partial charge on any atom is -0.480 e. The van der Waals surface area contributed by atoms with E-state index in [4.69, 9.17) is 9.84 Å². The van der Waals surface area contributed by atoms with Crippen LogP contribution < -0.4 is 5.43 Å². The van der Waals surface area contributed by atoms with Crippen molar-refractivity contribution in [2.45, 2.75) is 26.0 Å². The van der Waals surface area contributed by atoms with Gasteiger partial charge in [0.05, 0.1) is 0 Å². The van der Waals surface area contributed by atoms with Crippen molar-refractivity contribution in [1.82, 2.24) is 10.4 Å². The Bertz CT molecular complexity index is 456. The molecule has 0 aromatic heterocycles. The lowest BCUT2D eigenvalue weighted by atomic mass is 10.2. The zero-order valence-corrected chi connectivity index (χ0v) is 12.8. The van der Waals surface area contributed by atoms with Crippen molar-refractivity contribution in [3.8, 4) is 0 Å². The molecule has 0 aliphatic heterocycles. The summed E-state index contributed by atoms with van der Waals surface area (Å²) < 4.78 is 5.07. The van der Waals surface area contributed by atoms with Crippen LogP contribution in [0.25, 0.3) is 0 Å². The number of hydrazine groups is 1. The number of amides is 1. The SMILES string of the molecule is CCCN(NC(=O)OCc1ccccc1)[C@@H](CS)C(=O)O. The highest BCUT2D eigenvalue weighted by atomic mass is 32.1. The summed E-state index contributed by atoms with van der Waals surface area (Å²) in [5, 5.41) is 10.4. The molecule has 0 bridgehead atoms. The van der Waals surface area contributed by atoms with Crippen LogP contribution in [-0.4, -0.2) is 40.5 Å². The molecular weight excluding hydrogens is 292 g/mol. The van der Waals surface area contributed by atoms with Crippen molar-refractivity contribution in [2.75, 3.05) is 12.3 Å². The molecule has 7 heteroatoms. The molecule has 6 nitrogen and oxygen atoms in total. The summed E-state index contributed by atoms with van der Waals surface area (Å²) in [5.74, 6) is -0.948. The molecule has 2 N–H and O–H groups in total. The summed E-state index contributed by atoms with van der Waals surface area (Å²) in [4.78, 5) is 22.9. The molecular formula is C14H20N2O4S. The zero-order valence-electron chi connectivity index (χ0n) is 11.9. The number of hydrogen-bond acceptors (Lipinski definition) is 5. The molecule has 1 rings (SSSR count). The Hall–Kier alpha value is -1.73. The normalized spacial score (nSPS) is 12.0. The van der Waals surface area contributed by atoms with Crippen LogP contribution in [0.4, 0.5) is 4.79 Å². The van der Waals surface area contributed by atoms with Crippen molar-refractivity contribution in [1.29, 1.82) is 0 Å². The molecule has 21 heavy (non-hydrogen) atoms. The molecule has 0 saturated heterocycles. The number of benzene rings is 1. The third-order valence-corrected chi connectivity index (χ3v) is 3.09. The Morgan fingerprint density at radius 1 is 1.38 bits per heavy atom. The number of carbonyl (C=O) groups is 2. The summed E-state index contributed by atoms with van der Waals surface area (Å²) in [5.41, 5.74) is 3.32. The van der Waals surface area contributed by atoms with Gasteiger partial charge < -0.3 is 9.84 Å². The standard InChI is InChI=1S/C14H20N2O4S/c1-2-8-16(12(10-21)13(17)18)15-14(19)20-9-11-6-4-3-5-7-11/h3-7,12,21H,2,8-10H2,1H3,(H,15,19)(H,17,18)/t12-/m0/s1. The number of carboxylic acids is 1. The lowest BCUT2D eigenvalue weighted by Gasteiger charge is -2.27. The molecule has 0 saturated carbocycles. The summed E-state index contributed by atoms with van der Waals surface area (Å²) in [6.07, 6.45) is 0.0108. The quantitative estimate of drug-likeness (QED) is 0.505. The smallest absolute Gasteiger partial charge is 0.422 e. The van der Waals surface area contributed by atoms with E-state index in [9.17, 15) is 9.59 Å². The van der Waals surface area contributed by atoms with E-state index < -0.39 is 18.1 Å². The molecule has 0 heterocycles. The number of hydrogen-bond donors (Lipinski definition) is 3. The van der Waals surface area contributed by atoms with E-state index in [1.807, 2.05) is 37.3 Å². The van der Waals surface area contributed by atoms with Crippen molar-refractivity contribution in [3.05, 3.63) is 35.9 Å². The van der Waals surface area contributed by atoms with Gasteiger partial charge in [0.25, 0.3) is 0 Å². The molecule has 116 valence electrons. The molecule has 0 unspecified atom stereocenters. The second-order valence-corrected chi connectivity index (χ2v) is 4.77. The van der Waals surface area contributed by atoms with Crippen LogP contribution in [0.3, 0.4) is 0 Å². The number of nitrogens with zero attached hydrogens (tertiary/aromatic N) is 1. The Balaban J connectivity index is 2.54. The second kappa shape index (κ2) is 9.25. The number of aliphatic carboxylic acids is 1. The highest BCUT2D eigenvalue weighted by molar-refractivity contribution is 7.80. The van der Waals surface area contributed by atoms with Gasteiger partial charge >= 0.3 is 12.1 Å². The van der Waals surface area contributed by atoms with Gasteiger partial charge in [0, 0.05) is 12.3 Å². The van der Waals surface area contributed by atoms with E-state index >= 15 is 0 Å². The molecule has 0 fully saturated rings. The van der Waals surface area contributed by atoms with E-state index in [1.165, 1.54) is 5.01 Å². The van der Waals surface area contributed by atoms with Gasteiger partial charge in [-0.15, -0.1) is 0 Å². The summed E-state index contributed by atoms with van der Waals surface area (Å²) in [6.45, 7) is 2.42. The van der Waals surface area contributed by atoms with E-state index in [-0.39, 0.29) is 12.4 Å². The first kappa shape index (κ1) is 17.3. The Kier molecular flexibility index (Phi) is 7.63. The number of nitrogens with one attached hydrogen (secondary N) is 1. The van der Waals surface area contributed by atoms with Crippen molar-refractivity contribution >= 4 is 24.7 Å². The maximum Gasteiger partial charge on any atom is 0.422 e. The second-order valence-electron chi connectivity index (χ2n) is 4.40.